The summed E-state index contributed by atoms with van der Waals surface area (Å²) in [6.07, 6.45) is 4.68. The summed E-state index contributed by atoms with van der Waals surface area (Å²) >= 11 is 0. The topological polar surface area (TPSA) is 78.9 Å². The van der Waals surface area contributed by atoms with Gasteiger partial charge >= 0.3 is 5.97 Å². The smallest absolute Gasteiger partial charge is 0.320 e. The van der Waals surface area contributed by atoms with Gasteiger partial charge in [0, 0.05) is 13.2 Å². The first-order chi connectivity index (χ1) is 9.16. The third-order valence-electron chi connectivity index (χ3n) is 3.80. The van der Waals surface area contributed by atoms with E-state index in [0.29, 0.717) is 19.5 Å². The van der Waals surface area contributed by atoms with Gasteiger partial charge in [-0.3, -0.25) is 14.5 Å². The molecule has 6 heteroatoms. The van der Waals surface area contributed by atoms with Crippen LogP contribution in [-0.4, -0.2) is 60.3 Å². The van der Waals surface area contributed by atoms with Gasteiger partial charge in [-0.25, -0.2) is 0 Å². The van der Waals surface area contributed by atoms with E-state index in [9.17, 15) is 9.59 Å². The monoisotopic (exact) mass is 270 g/mol. The average Bonchev–Trinajstić information content (AvgIpc) is 2.90. The van der Waals surface area contributed by atoms with Gasteiger partial charge in [0.05, 0.1) is 12.6 Å². The van der Waals surface area contributed by atoms with Gasteiger partial charge in [0.25, 0.3) is 0 Å². The van der Waals surface area contributed by atoms with Crippen LogP contribution in [0.1, 0.15) is 32.1 Å². The van der Waals surface area contributed by atoms with E-state index in [1.54, 1.807) is 4.90 Å². The van der Waals surface area contributed by atoms with Crippen molar-refractivity contribution >= 4 is 11.9 Å². The minimum absolute atomic E-state index is 0.108. The van der Waals surface area contributed by atoms with E-state index in [4.69, 9.17) is 9.84 Å². The molecular weight excluding hydrogens is 248 g/mol. The Bertz CT molecular complexity index is 329. The average molecular weight is 270 g/mol. The summed E-state index contributed by atoms with van der Waals surface area (Å²) in [6.45, 7) is 2.16. The molecule has 0 aliphatic carbocycles. The van der Waals surface area contributed by atoms with E-state index in [-0.39, 0.29) is 18.6 Å². The minimum Gasteiger partial charge on any atom is -0.480 e. The summed E-state index contributed by atoms with van der Waals surface area (Å²) < 4.78 is 5.43. The highest BCUT2D eigenvalue weighted by Crippen LogP contribution is 2.16. The standard InChI is InChI=1S/C13H22N2O4/c16-12(14-8-10-4-3-7-19-10)9-15-6-2-1-5-11(15)13(17)18/h10-11H,1-9H2,(H,14,16)(H,17,18). The molecule has 0 aromatic carbocycles. The molecule has 108 valence electrons. The first kappa shape index (κ1) is 14.3. The fourth-order valence-electron chi connectivity index (χ4n) is 2.73. The van der Waals surface area contributed by atoms with Crippen molar-refractivity contribution in [3.8, 4) is 0 Å². The molecule has 0 aromatic heterocycles. The quantitative estimate of drug-likeness (QED) is 0.747. The van der Waals surface area contributed by atoms with Crippen molar-refractivity contribution in [2.75, 3.05) is 26.2 Å². The molecule has 2 fully saturated rings. The Morgan fingerprint density at radius 2 is 2.11 bits per heavy atom. The highest BCUT2D eigenvalue weighted by atomic mass is 16.5. The van der Waals surface area contributed by atoms with Crippen LogP contribution in [0.15, 0.2) is 0 Å². The van der Waals surface area contributed by atoms with Crippen LogP contribution in [0, 0.1) is 0 Å². The Balaban J connectivity index is 1.74. The fourth-order valence-corrected chi connectivity index (χ4v) is 2.73. The van der Waals surface area contributed by atoms with E-state index in [0.717, 1.165) is 32.3 Å². The lowest BCUT2D eigenvalue weighted by Crippen LogP contribution is -2.49. The van der Waals surface area contributed by atoms with Crippen LogP contribution in [0.3, 0.4) is 0 Å². The van der Waals surface area contributed by atoms with Gasteiger partial charge in [0.1, 0.15) is 6.04 Å². The molecule has 2 rings (SSSR count). The molecule has 2 saturated heterocycles. The number of hydrogen-bond donors (Lipinski definition) is 2. The van der Waals surface area contributed by atoms with Gasteiger partial charge in [-0.1, -0.05) is 6.42 Å². The highest BCUT2D eigenvalue weighted by molar-refractivity contribution is 5.80. The van der Waals surface area contributed by atoms with Gasteiger partial charge in [-0.05, 0) is 32.2 Å². The Morgan fingerprint density at radius 1 is 1.26 bits per heavy atom. The van der Waals surface area contributed by atoms with Crippen LogP contribution in [0.25, 0.3) is 0 Å². The van der Waals surface area contributed by atoms with Crippen molar-refractivity contribution in [2.45, 2.75) is 44.2 Å². The number of carboxylic acid groups (broad SMARTS) is 1. The van der Waals surface area contributed by atoms with Crippen molar-refractivity contribution in [3.63, 3.8) is 0 Å². The second kappa shape index (κ2) is 6.86. The summed E-state index contributed by atoms with van der Waals surface area (Å²) in [5, 5.41) is 12.0. The number of likely N-dealkylation sites (tertiary alicyclic amines) is 1. The largest absolute Gasteiger partial charge is 0.480 e. The number of nitrogens with zero attached hydrogens (tertiary/aromatic N) is 1. The van der Waals surface area contributed by atoms with E-state index in [1.165, 1.54) is 0 Å². The predicted octanol–water partition coefficient (Wildman–Crippen LogP) is 0.221. The van der Waals surface area contributed by atoms with E-state index in [1.807, 2.05) is 0 Å². The van der Waals surface area contributed by atoms with Crippen molar-refractivity contribution in [3.05, 3.63) is 0 Å². The first-order valence-electron chi connectivity index (χ1n) is 7.02. The lowest BCUT2D eigenvalue weighted by atomic mass is 10.0. The normalized spacial score (nSPS) is 28.2. The van der Waals surface area contributed by atoms with Crippen LogP contribution in [0.5, 0.6) is 0 Å². The molecule has 0 spiro atoms. The maximum Gasteiger partial charge on any atom is 0.320 e. The van der Waals surface area contributed by atoms with Crippen molar-refractivity contribution in [1.29, 1.82) is 0 Å². The van der Waals surface area contributed by atoms with Crippen LogP contribution in [0.4, 0.5) is 0 Å². The van der Waals surface area contributed by atoms with Crippen molar-refractivity contribution in [1.82, 2.24) is 10.2 Å². The SMILES string of the molecule is O=C(CN1CCCCC1C(=O)O)NCC1CCCO1. The van der Waals surface area contributed by atoms with Crippen LogP contribution < -0.4 is 5.32 Å². The Hall–Kier alpha value is -1.14. The second-order valence-electron chi connectivity index (χ2n) is 5.26. The van der Waals surface area contributed by atoms with Crippen LogP contribution >= 0.6 is 0 Å². The van der Waals surface area contributed by atoms with Crippen molar-refractivity contribution in [2.24, 2.45) is 0 Å². The minimum atomic E-state index is -0.827. The Labute approximate surface area is 113 Å². The lowest BCUT2D eigenvalue weighted by molar-refractivity contribution is -0.145. The molecule has 0 bridgehead atoms. The molecule has 6 nitrogen and oxygen atoms in total. The number of carbonyl (C=O) groups is 2. The Kier molecular flexibility index (Phi) is 5.15. The number of ether oxygens (including phenoxy) is 1. The maximum atomic E-state index is 11.8. The molecule has 2 N–H and O–H groups in total. The number of rotatable bonds is 5. The molecule has 0 radical (unpaired) electrons. The number of carbonyl (C=O) groups excluding carboxylic acids is 1. The third kappa shape index (κ3) is 4.18. The molecule has 2 unspecified atom stereocenters. The zero-order valence-electron chi connectivity index (χ0n) is 11.1. The first-order valence-corrected chi connectivity index (χ1v) is 7.02. The summed E-state index contributed by atoms with van der Waals surface area (Å²) in [5.41, 5.74) is 0. The molecule has 2 atom stereocenters. The molecular formula is C13H22N2O4. The molecule has 19 heavy (non-hydrogen) atoms. The lowest BCUT2D eigenvalue weighted by Gasteiger charge is -2.32. The summed E-state index contributed by atoms with van der Waals surface area (Å²) in [6, 6.07) is -0.512. The van der Waals surface area contributed by atoms with E-state index >= 15 is 0 Å². The molecule has 2 heterocycles. The highest BCUT2D eigenvalue weighted by Gasteiger charge is 2.29. The van der Waals surface area contributed by atoms with E-state index in [2.05, 4.69) is 5.32 Å². The molecule has 1 amide bonds. The second-order valence-corrected chi connectivity index (χ2v) is 5.26. The number of nitrogens with one attached hydrogen (secondary N) is 1. The van der Waals surface area contributed by atoms with Crippen molar-refractivity contribution < 1.29 is 19.4 Å². The molecule has 0 saturated carbocycles. The number of amides is 1. The number of aliphatic carboxylic acids is 1. The van der Waals surface area contributed by atoms with Gasteiger partial charge in [0.15, 0.2) is 0 Å². The Morgan fingerprint density at radius 3 is 2.79 bits per heavy atom. The van der Waals surface area contributed by atoms with Gasteiger partial charge in [-0.15, -0.1) is 0 Å². The fraction of sp³-hybridized carbons (Fsp3) is 0.846. The van der Waals surface area contributed by atoms with Crippen LogP contribution in [0.2, 0.25) is 0 Å². The predicted molar refractivity (Wildman–Crippen MR) is 68.8 cm³/mol. The number of hydrogen-bond acceptors (Lipinski definition) is 4. The number of carboxylic acids is 1. The summed E-state index contributed by atoms with van der Waals surface area (Å²) in [4.78, 5) is 24.7. The van der Waals surface area contributed by atoms with Gasteiger partial charge < -0.3 is 15.2 Å². The summed E-state index contributed by atoms with van der Waals surface area (Å²) in [7, 11) is 0. The van der Waals surface area contributed by atoms with Gasteiger partial charge in [0.2, 0.25) is 5.91 Å². The molecule has 2 aliphatic heterocycles. The van der Waals surface area contributed by atoms with Gasteiger partial charge in [-0.2, -0.15) is 0 Å². The van der Waals surface area contributed by atoms with E-state index < -0.39 is 12.0 Å². The van der Waals surface area contributed by atoms with Crippen LogP contribution in [-0.2, 0) is 14.3 Å². The zero-order chi connectivity index (χ0) is 13.7. The molecule has 2 aliphatic rings. The molecule has 0 aromatic rings. The summed E-state index contributed by atoms with van der Waals surface area (Å²) in [5.74, 6) is -0.935. The zero-order valence-corrected chi connectivity index (χ0v) is 11.1. The number of piperidine rings is 1. The third-order valence-corrected chi connectivity index (χ3v) is 3.80. The maximum absolute atomic E-state index is 11.8.